The first-order valence-corrected chi connectivity index (χ1v) is 7.03. The summed E-state index contributed by atoms with van der Waals surface area (Å²) in [5, 5.41) is 18.5. The van der Waals surface area contributed by atoms with Crippen LogP contribution in [0.25, 0.3) is 0 Å². The normalized spacial score (nSPS) is 19.3. The van der Waals surface area contributed by atoms with Crippen LogP contribution in [0.1, 0.15) is 18.5 Å². The first kappa shape index (κ1) is 12.9. The quantitative estimate of drug-likeness (QED) is 0.750. The van der Waals surface area contributed by atoms with Crippen molar-refractivity contribution in [2.75, 3.05) is 19.4 Å². The summed E-state index contributed by atoms with van der Waals surface area (Å²) in [6.07, 6.45) is 2.46. The van der Waals surface area contributed by atoms with E-state index in [9.17, 15) is 5.11 Å². The van der Waals surface area contributed by atoms with E-state index in [0.29, 0.717) is 5.92 Å². The maximum absolute atomic E-state index is 9.64. The third kappa shape index (κ3) is 2.67. The number of thioether (sulfide) groups is 1. The highest BCUT2D eigenvalue weighted by Gasteiger charge is 2.43. The Hall–Kier alpha value is -0.520. The maximum Gasteiger partial charge on any atom is 0.0939 e. The summed E-state index contributed by atoms with van der Waals surface area (Å²) in [6, 6.07) is 2.09. The lowest BCUT2D eigenvalue weighted by Crippen LogP contribution is -2.51. The van der Waals surface area contributed by atoms with E-state index in [-0.39, 0.29) is 12.1 Å². The van der Waals surface area contributed by atoms with Crippen molar-refractivity contribution in [1.29, 1.82) is 0 Å². The Morgan fingerprint density at radius 2 is 2.35 bits per heavy atom. The van der Waals surface area contributed by atoms with E-state index in [1.165, 1.54) is 12.8 Å². The molecule has 2 N–H and O–H groups in total. The third-order valence-electron chi connectivity index (χ3n) is 3.58. The van der Waals surface area contributed by atoms with Gasteiger partial charge in [0.05, 0.1) is 22.9 Å². The molecular formula is C12H21N3OS. The van der Waals surface area contributed by atoms with Crippen LogP contribution in [0.4, 0.5) is 0 Å². The van der Waals surface area contributed by atoms with Gasteiger partial charge in [-0.15, -0.1) is 11.8 Å². The van der Waals surface area contributed by atoms with E-state index in [0.717, 1.165) is 16.5 Å². The number of likely N-dealkylation sites (N-methyl/N-ethyl adjacent to an activating group) is 1. The van der Waals surface area contributed by atoms with E-state index in [1.807, 2.05) is 25.7 Å². The van der Waals surface area contributed by atoms with Gasteiger partial charge in [-0.1, -0.05) is 0 Å². The molecule has 1 fully saturated rings. The lowest BCUT2D eigenvalue weighted by molar-refractivity contribution is 0.167. The summed E-state index contributed by atoms with van der Waals surface area (Å²) in [6.45, 7) is 2.21. The Balaban J connectivity index is 2.02. The van der Waals surface area contributed by atoms with Gasteiger partial charge in [0, 0.05) is 12.8 Å². The Morgan fingerprint density at radius 1 is 1.65 bits per heavy atom. The number of rotatable bonds is 6. The predicted molar refractivity (Wildman–Crippen MR) is 70.3 cm³/mol. The molecule has 0 aliphatic heterocycles. The minimum atomic E-state index is -0.122. The minimum Gasteiger partial charge on any atom is -0.394 e. The molecule has 1 unspecified atom stereocenters. The fourth-order valence-electron chi connectivity index (χ4n) is 2.21. The predicted octanol–water partition coefficient (Wildman–Crippen LogP) is 1.18. The molecule has 2 rings (SSSR count). The van der Waals surface area contributed by atoms with Gasteiger partial charge in [-0.25, -0.2) is 0 Å². The van der Waals surface area contributed by atoms with Crippen LogP contribution in [0.3, 0.4) is 0 Å². The van der Waals surface area contributed by atoms with E-state index in [2.05, 4.69) is 16.5 Å². The van der Waals surface area contributed by atoms with E-state index in [4.69, 9.17) is 0 Å². The average Bonchev–Trinajstić information content (AvgIpc) is 3.09. The van der Waals surface area contributed by atoms with Gasteiger partial charge in [0.1, 0.15) is 0 Å². The van der Waals surface area contributed by atoms with Crippen molar-refractivity contribution in [2.24, 2.45) is 13.0 Å². The first-order valence-electron chi connectivity index (χ1n) is 6.04. The molecule has 0 radical (unpaired) electrons. The highest BCUT2D eigenvalue weighted by molar-refractivity contribution is 7.99. The second-order valence-corrected chi connectivity index (χ2v) is 5.87. The molecular weight excluding hydrogens is 234 g/mol. The number of hydrogen-bond acceptors (Lipinski definition) is 4. The largest absolute Gasteiger partial charge is 0.394 e. The molecule has 1 aromatic rings. The molecule has 5 heteroatoms. The van der Waals surface area contributed by atoms with Crippen molar-refractivity contribution in [3.05, 3.63) is 11.8 Å². The van der Waals surface area contributed by atoms with Crippen molar-refractivity contribution in [3.8, 4) is 0 Å². The molecule has 1 aromatic heterocycles. The molecule has 1 atom stereocenters. The van der Waals surface area contributed by atoms with E-state index < -0.39 is 0 Å². The fraction of sp³-hybridized carbons (Fsp3) is 0.750. The number of hydrogen-bond donors (Lipinski definition) is 2. The van der Waals surface area contributed by atoms with Gasteiger partial charge in [0.25, 0.3) is 0 Å². The van der Waals surface area contributed by atoms with Gasteiger partial charge in [-0.05, 0) is 38.8 Å². The van der Waals surface area contributed by atoms with Crippen LogP contribution in [0.5, 0.6) is 0 Å². The van der Waals surface area contributed by atoms with Gasteiger partial charge < -0.3 is 10.4 Å². The van der Waals surface area contributed by atoms with Gasteiger partial charge in [-0.3, -0.25) is 4.68 Å². The highest BCUT2D eigenvalue weighted by Crippen LogP contribution is 2.41. The Bertz CT molecular complexity index is 383. The standard InChI is InChI=1S/C12H21N3OS/c1-9-6-11(15(3)14-9)17-8-12(7-16,13-2)10-4-5-10/h6,10,13,16H,4-5,7-8H2,1-3H3. The Labute approximate surface area is 107 Å². The van der Waals surface area contributed by atoms with E-state index >= 15 is 0 Å². The molecule has 1 aliphatic carbocycles. The zero-order valence-electron chi connectivity index (χ0n) is 10.7. The average molecular weight is 255 g/mol. The maximum atomic E-state index is 9.64. The zero-order valence-corrected chi connectivity index (χ0v) is 11.5. The van der Waals surface area contributed by atoms with Crippen LogP contribution in [0, 0.1) is 12.8 Å². The number of aliphatic hydroxyl groups excluding tert-OH is 1. The first-order chi connectivity index (χ1) is 8.11. The topological polar surface area (TPSA) is 50.1 Å². The van der Waals surface area contributed by atoms with Crippen LogP contribution >= 0.6 is 11.8 Å². The van der Waals surface area contributed by atoms with Crippen LogP contribution in [-0.2, 0) is 7.05 Å². The number of aromatic nitrogens is 2. The summed E-state index contributed by atoms with van der Waals surface area (Å²) in [4.78, 5) is 0. The summed E-state index contributed by atoms with van der Waals surface area (Å²) in [7, 11) is 3.91. The number of aryl methyl sites for hydroxylation is 2. The van der Waals surface area contributed by atoms with Crippen LogP contribution < -0.4 is 5.32 Å². The second kappa shape index (κ2) is 5.00. The van der Waals surface area contributed by atoms with Gasteiger partial charge in [0.2, 0.25) is 0 Å². The van der Waals surface area contributed by atoms with Gasteiger partial charge in [0.15, 0.2) is 0 Å². The SMILES string of the molecule is CNC(CO)(CSc1cc(C)nn1C)C1CC1. The van der Waals surface area contributed by atoms with Crippen LogP contribution in [0.15, 0.2) is 11.1 Å². The lowest BCUT2D eigenvalue weighted by atomic mass is 9.97. The zero-order chi connectivity index (χ0) is 12.5. The second-order valence-electron chi connectivity index (χ2n) is 4.87. The molecule has 1 heterocycles. The molecule has 0 amide bonds. The minimum absolute atomic E-state index is 0.122. The molecule has 4 nitrogen and oxygen atoms in total. The highest BCUT2D eigenvalue weighted by atomic mass is 32.2. The monoisotopic (exact) mass is 255 g/mol. The molecule has 1 aliphatic rings. The van der Waals surface area contributed by atoms with Crippen molar-refractivity contribution < 1.29 is 5.11 Å². The van der Waals surface area contributed by atoms with Crippen molar-refractivity contribution in [2.45, 2.75) is 30.3 Å². The summed E-state index contributed by atoms with van der Waals surface area (Å²) in [5.41, 5.74) is 0.920. The fourth-order valence-corrected chi connectivity index (χ4v) is 3.57. The van der Waals surface area contributed by atoms with Crippen molar-refractivity contribution in [1.82, 2.24) is 15.1 Å². The molecule has 96 valence electrons. The molecule has 0 spiro atoms. The molecule has 17 heavy (non-hydrogen) atoms. The number of nitrogens with zero attached hydrogens (tertiary/aromatic N) is 2. The molecule has 0 aromatic carbocycles. The van der Waals surface area contributed by atoms with Crippen molar-refractivity contribution >= 4 is 11.8 Å². The molecule has 0 saturated heterocycles. The Morgan fingerprint density at radius 3 is 2.76 bits per heavy atom. The number of nitrogens with one attached hydrogen (secondary N) is 1. The molecule has 1 saturated carbocycles. The molecule has 0 bridgehead atoms. The summed E-state index contributed by atoms with van der Waals surface area (Å²) < 4.78 is 1.91. The number of aliphatic hydroxyl groups is 1. The Kier molecular flexibility index (Phi) is 3.80. The van der Waals surface area contributed by atoms with Gasteiger partial charge >= 0.3 is 0 Å². The lowest BCUT2D eigenvalue weighted by Gasteiger charge is -2.31. The summed E-state index contributed by atoms with van der Waals surface area (Å²) in [5.74, 6) is 1.52. The van der Waals surface area contributed by atoms with Crippen molar-refractivity contribution in [3.63, 3.8) is 0 Å². The van der Waals surface area contributed by atoms with Gasteiger partial charge in [-0.2, -0.15) is 5.10 Å². The van der Waals surface area contributed by atoms with Crippen LogP contribution in [-0.4, -0.2) is 39.8 Å². The van der Waals surface area contributed by atoms with E-state index in [1.54, 1.807) is 11.8 Å². The third-order valence-corrected chi connectivity index (χ3v) is 4.91. The van der Waals surface area contributed by atoms with Crippen LogP contribution in [0.2, 0.25) is 0 Å². The summed E-state index contributed by atoms with van der Waals surface area (Å²) >= 11 is 1.77. The smallest absolute Gasteiger partial charge is 0.0939 e.